The van der Waals surface area contributed by atoms with Crippen molar-refractivity contribution in [2.24, 2.45) is 0 Å². The third kappa shape index (κ3) is 7.84. The number of amides is 1. The predicted molar refractivity (Wildman–Crippen MR) is 155 cm³/mol. The summed E-state index contributed by atoms with van der Waals surface area (Å²) in [4.78, 5) is 12.6. The first kappa shape index (κ1) is 30.9. The second-order valence-electron chi connectivity index (χ2n) is 9.22. The zero-order valence-electron chi connectivity index (χ0n) is 22.8. The molecule has 2 N–H and O–H groups in total. The lowest BCUT2D eigenvalue weighted by molar-refractivity contribution is -0.115. The van der Waals surface area contributed by atoms with Crippen molar-refractivity contribution in [1.29, 1.82) is 0 Å². The van der Waals surface area contributed by atoms with E-state index in [-0.39, 0.29) is 42.1 Å². The Kier molecular flexibility index (Phi) is 10.2. The molecular weight excluding hydrogens is 590 g/mol. The highest BCUT2D eigenvalue weighted by Crippen LogP contribution is 2.28. The summed E-state index contributed by atoms with van der Waals surface area (Å²) in [5.41, 5.74) is 2.08. The van der Waals surface area contributed by atoms with Gasteiger partial charge in [-0.3, -0.25) is 4.79 Å². The standard InChI is InChI=1S/C29H29ClF2N4O5S/c1-40-23-10-8-21(26(15-23)41-2)17-34-42(38,39)27-14-22(35-29(37)13-20-5-3-4-6-24(20)30)9-11-25(27)36-18-19(16-33-36)7-12-28(31)32/h3-6,8-11,14-16,18,28,34H,7,12-13,17H2,1-2H3,(H,35,37). The van der Waals surface area contributed by atoms with Crippen LogP contribution < -0.4 is 19.5 Å². The molecule has 4 aromatic rings. The summed E-state index contributed by atoms with van der Waals surface area (Å²) in [7, 11) is -1.24. The number of hydrogen-bond acceptors (Lipinski definition) is 6. The smallest absolute Gasteiger partial charge is 0.243 e. The largest absolute Gasteiger partial charge is 0.497 e. The lowest BCUT2D eigenvalue weighted by Crippen LogP contribution is -2.25. The molecule has 4 rings (SSSR count). The SMILES string of the molecule is COc1ccc(CNS(=O)(=O)c2cc(NC(=O)Cc3ccccc3Cl)ccc2-n2cc(CCC(F)F)cn2)c(OC)c1. The number of nitrogens with zero attached hydrogens (tertiary/aromatic N) is 2. The molecule has 42 heavy (non-hydrogen) atoms. The van der Waals surface area contributed by atoms with Crippen LogP contribution in [0, 0.1) is 0 Å². The summed E-state index contributed by atoms with van der Waals surface area (Å²) in [5.74, 6) is 0.569. The van der Waals surface area contributed by atoms with Crippen LogP contribution in [-0.4, -0.2) is 44.8 Å². The van der Waals surface area contributed by atoms with Gasteiger partial charge in [-0.25, -0.2) is 26.6 Å². The van der Waals surface area contributed by atoms with E-state index in [4.69, 9.17) is 21.1 Å². The van der Waals surface area contributed by atoms with E-state index in [2.05, 4.69) is 15.1 Å². The Morgan fingerprint density at radius 2 is 1.83 bits per heavy atom. The van der Waals surface area contributed by atoms with Gasteiger partial charge < -0.3 is 14.8 Å². The topological polar surface area (TPSA) is 112 Å². The number of carbonyl (C=O) groups is 1. The number of aryl methyl sites for hydroxylation is 1. The Morgan fingerprint density at radius 3 is 2.55 bits per heavy atom. The molecule has 0 aliphatic rings. The number of rotatable bonds is 13. The molecule has 0 fully saturated rings. The van der Waals surface area contributed by atoms with Gasteiger partial charge in [-0.2, -0.15) is 5.10 Å². The minimum absolute atomic E-state index is 0.0221. The number of aromatic nitrogens is 2. The van der Waals surface area contributed by atoms with E-state index in [1.807, 2.05) is 0 Å². The number of anilines is 1. The summed E-state index contributed by atoms with van der Waals surface area (Å²) in [5, 5.41) is 7.35. The number of hydrogen-bond donors (Lipinski definition) is 2. The van der Waals surface area contributed by atoms with Crippen LogP contribution >= 0.6 is 11.6 Å². The van der Waals surface area contributed by atoms with Gasteiger partial charge in [-0.15, -0.1) is 0 Å². The average molecular weight is 619 g/mol. The Bertz CT molecular complexity index is 1660. The molecule has 13 heteroatoms. The van der Waals surface area contributed by atoms with E-state index in [1.165, 1.54) is 49.5 Å². The van der Waals surface area contributed by atoms with Crippen LogP contribution in [0.5, 0.6) is 11.5 Å². The first-order chi connectivity index (χ1) is 20.1. The molecule has 0 bridgehead atoms. The van der Waals surface area contributed by atoms with Crippen LogP contribution in [0.1, 0.15) is 23.1 Å². The zero-order valence-corrected chi connectivity index (χ0v) is 24.4. The van der Waals surface area contributed by atoms with Crippen molar-refractivity contribution in [3.05, 3.63) is 94.8 Å². The van der Waals surface area contributed by atoms with E-state index in [0.717, 1.165) is 0 Å². The molecule has 0 saturated heterocycles. The number of alkyl halides is 2. The van der Waals surface area contributed by atoms with Crippen molar-refractivity contribution in [3.63, 3.8) is 0 Å². The third-order valence-corrected chi connectivity index (χ3v) is 8.12. The Hall–Kier alpha value is -4.00. The van der Waals surface area contributed by atoms with Crippen LogP contribution in [0.25, 0.3) is 5.69 Å². The number of ether oxygens (including phenoxy) is 2. The van der Waals surface area contributed by atoms with E-state index in [0.29, 0.717) is 33.2 Å². The second-order valence-corrected chi connectivity index (χ2v) is 11.4. The number of nitrogens with one attached hydrogen (secondary N) is 2. The first-order valence-corrected chi connectivity index (χ1v) is 14.7. The van der Waals surface area contributed by atoms with Crippen LogP contribution in [0.3, 0.4) is 0 Å². The molecule has 0 aliphatic carbocycles. The van der Waals surface area contributed by atoms with Crippen LogP contribution in [-0.2, 0) is 34.2 Å². The normalized spacial score (nSPS) is 11.5. The van der Waals surface area contributed by atoms with Crippen molar-refractivity contribution >= 4 is 33.2 Å². The van der Waals surface area contributed by atoms with E-state index in [1.54, 1.807) is 42.5 Å². The maximum atomic E-state index is 13.7. The van der Waals surface area contributed by atoms with Crippen molar-refractivity contribution in [2.45, 2.75) is 37.1 Å². The van der Waals surface area contributed by atoms with Gasteiger partial charge in [0.05, 0.1) is 32.5 Å². The quantitative estimate of drug-likeness (QED) is 0.208. The molecule has 1 amide bonds. The van der Waals surface area contributed by atoms with E-state index < -0.39 is 22.4 Å². The molecule has 3 aromatic carbocycles. The van der Waals surface area contributed by atoms with Gasteiger partial charge in [-0.1, -0.05) is 35.9 Å². The number of carbonyl (C=O) groups excluding carboxylic acids is 1. The van der Waals surface area contributed by atoms with Gasteiger partial charge in [0.1, 0.15) is 16.4 Å². The zero-order chi connectivity index (χ0) is 30.3. The molecule has 1 heterocycles. The lowest BCUT2D eigenvalue weighted by atomic mass is 10.1. The number of sulfonamides is 1. The van der Waals surface area contributed by atoms with Gasteiger partial charge in [0.25, 0.3) is 0 Å². The Morgan fingerprint density at radius 1 is 1.05 bits per heavy atom. The summed E-state index contributed by atoms with van der Waals surface area (Å²) in [6, 6.07) is 16.2. The highest BCUT2D eigenvalue weighted by atomic mass is 35.5. The highest BCUT2D eigenvalue weighted by molar-refractivity contribution is 7.89. The Balaban J connectivity index is 1.64. The second kappa shape index (κ2) is 13.8. The van der Waals surface area contributed by atoms with Crippen LogP contribution in [0.4, 0.5) is 14.5 Å². The monoisotopic (exact) mass is 618 g/mol. The number of methoxy groups -OCH3 is 2. The molecule has 0 saturated carbocycles. The third-order valence-electron chi connectivity index (χ3n) is 6.32. The van der Waals surface area contributed by atoms with Gasteiger partial charge in [-0.05, 0) is 47.9 Å². The van der Waals surface area contributed by atoms with E-state index in [9.17, 15) is 22.0 Å². The maximum absolute atomic E-state index is 13.7. The first-order valence-electron chi connectivity index (χ1n) is 12.8. The fraction of sp³-hybridized carbons (Fsp3) is 0.241. The predicted octanol–water partition coefficient (Wildman–Crippen LogP) is 5.40. The molecule has 0 unspecified atom stereocenters. The fourth-order valence-electron chi connectivity index (χ4n) is 4.16. The Labute approximate surface area is 247 Å². The molecule has 1 aromatic heterocycles. The van der Waals surface area contributed by atoms with Gasteiger partial charge in [0.2, 0.25) is 22.4 Å². The minimum Gasteiger partial charge on any atom is -0.497 e. The van der Waals surface area contributed by atoms with Crippen molar-refractivity contribution in [2.75, 3.05) is 19.5 Å². The van der Waals surface area contributed by atoms with Gasteiger partial charge >= 0.3 is 0 Å². The number of benzene rings is 3. The summed E-state index contributed by atoms with van der Waals surface area (Å²) < 4.78 is 67.2. The molecule has 222 valence electrons. The van der Waals surface area contributed by atoms with Crippen molar-refractivity contribution < 1.29 is 31.5 Å². The highest BCUT2D eigenvalue weighted by Gasteiger charge is 2.23. The van der Waals surface area contributed by atoms with E-state index >= 15 is 0 Å². The fourth-order valence-corrected chi connectivity index (χ4v) is 5.58. The molecule has 9 nitrogen and oxygen atoms in total. The lowest BCUT2D eigenvalue weighted by Gasteiger charge is -2.15. The molecule has 0 aliphatic heterocycles. The molecule has 0 atom stereocenters. The van der Waals surface area contributed by atoms with Crippen molar-refractivity contribution in [1.82, 2.24) is 14.5 Å². The van der Waals surface area contributed by atoms with Crippen molar-refractivity contribution in [3.8, 4) is 17.2 Å². The molecular formula is C29H29ClF2N4O5S. The summed E-state index contributed by atoms with van der Waals surface area (Å²) in [6.07, 6.45) is 0.138. The van der Waals surface area contributed by atoms with Crippen LogP contribution in [0.15, 0.2) is 78.0 Å². The number of halogens is 3. The summed E-state index contributed by atoms with van der Waals surface area (Å²) >= 11 is 6.18. The molecule has 0 radical (unpaired) electrons. The minimum atomic E-state index is -4.21. The molecule has 0 spiro atoms. The van der Waals surface area contributed by atoms with Crippen LogP contribution in [0.2, 0.25) is 5.02 Å². The summed E-state index contributed by atoms with van der Waals surface area (Å²) in [6.45, 7) is -0.114. The average Bonchev–Trinajstić information content (AvgIpc) is 3.45. The van der Waals surface area contributed by atoms with Gasteiger partial charge in [0, 0.05) is 41.5 Å². The maximum Gasteiger partial charge on any atom is 0.243 e. The van der Waals surface area contributed by atoms with Gasteiger partial charge in [0.15, 0.2) is 0 Å².